The molecule has 1 aromatic rings. The molecule has 0 heterocycles. The van der Waals surface area contributed by atoms with Gasteiger partial charge in [0, 0.05) is 12.1 Å². The zero-order chi connectivity index (χ0) is 12.3. The van der Waals surface area contributed by atoms with Crippen LogP contribution in [0.2, 0.25) is 0 Å². The summed E-state index contributed by atoms with van der Waals surface area (Å²) in [5.74, 6) is -5.80. The van der Waals surface area contributed by atoms with E-state index < -0.39 is 35.3 Å². The summed E-state index contributed by atoms with van der Waals surface area (Å²) in [6, 6.07) is 0.668. The Morgan fingerprint density at radius 1 is 1.31 bits per heavy atom. The number of benzene rings is 1. The number of aliphatic hydroxyl groups is 1. The van der Waals surface area contributed by atoms with Crippen LogP contribution in [-0.4, -0.2) is 17.2 Å². The molecule has 16 heavy (non-hydrogen) atoms. The van der Waals surface area contributed by atoms with E-state index in [1.165, 1.54) is 6.92 Å². The molecule has 0 bridgehead atoms. The number of rotatable bonds is 3. The van der Waals surface area contributed by atoms with E-state index in [9.17, 15) is 18.0 Å². The number of ether oxygens (including phenoxy) is 1. The zero-order valence-electron chi connectivity index (χ0n) is 8.34. The highest BCUT2D eigenvalue weighted by atomic mass is 19.2. The molecule has 0 radical (unpaired) electrons. The Bertz CT molecular complexity index is 407. The first kappa shape index (κ1) is 12.5. The molecule has 0 aliphatic rings. The number of hydrogen-bond acceptors (Lipinski definition) is 3. The molecule has 0 aromatic heterocycles. The Labute approximate surface area is 89.5 Å². The normalized spacial score (nSPS) is 12.3. The lowest BCUT2D eigenvalue weighted by molar-refractivity contribution is -0.144. The van der Waals surface area contributed by atoms with Crippen molar-refractivity contribution in [3.05, 3.63) is 29.6 Å². The highest BCUT2D eigenvalue weighted by Gasteiger charge is 2.19. The van der Waals surface area contributed by atoms with Gasteiger partial charge in [0.2, 0.25) is 0 Å². The molecule has 1 atom stereocenters. The quantitative estimate of drug-likeness (QED) is 0.492. The van der Waals surface area contributed by atoms with Gasteiger partial charge in [-0.3, -0.25) is 0 Å². The largest absolute Gasteiger partial charge is 0.421 e. The van der Waals surface area contributed by atoms with Gasteiger partial charge in [0.05, 0.1) is 0 Å². The number of halogens is 3. The molecule has 6 heteroatoms. The second-order valence-corrected chi connectivity index (χ2v) is 3.04. The molecule has 1 aromatic carbocycles. The van der Waals surface area contributed by atoms with Crippen LogP contribution in [0.3, 0.4) is 0 Å². The topological polar surface area (TPSA) is 46.5 Å². The SMILES string of the molecule is CCC(O)C(=O)Oc1cc(F)c(F)cc1F. The lowest BCUT2D eigenvalue weighted by Crippen LogP contribution is -2.25. The van der Waals surface area contributed by atoms with E-state index in [0.717, 1.165) is 0 Å². The van der Waals surface area contributed by atoms with Gasteiger partial charge in [-0.25, -0.2) is 18.0 Å². The van der Waals surface area contributed by atoms with Crippen LogP contribution >= 0.6 is 0 Å². The van der Waals surface area contributed by atoms with Gasteiger partial charge in [0.25, 0.3) is 0 Å². The van der Waals surface area contributed by atoms with Crippen molar-refractivity contribution in [2.24, 2.45) is 0 Å². The van der Waals surface area contributed by atoms with Crippen LogP contribution < -0.4 is 4.74 Å². The first-order chi connectivity index (χ1) is 7.45. The van der Waals surface area contributed by atoms with Gasteiger partial charge in [-0.2, -0.15) is 0 Å². The Morgan fingerprint density at radius 3 is 2.44 bits per heavy atom. The van der Waals surface area contributed by atoms with Crippen molar-refractivity contribution < 1.29 is 27.8 Å². The van der Waals surface area contributed by atoms with Crippen molar-refractivity contribution >= 4 is 5.97 Å². The molecule has 0 saturated carbocycles. The van der Waals surface area contributed by atoms with Crippen LogP contribution in [0, 0.1) is 17.5 Å². The van der Waals surface area contributed by atoms with Crippen molar-refractivity contribution in [2.45, 2.75) is 19.4 Å². The third-order valence-corrected chi connectivity index (χ3v) is 1.84. The van der Waals surface area contributed by atoms with Gasteiger partial charge in [0.1, 0.15) is 0 Å². The van der Waals surface area contributed by atoms with Crippen LogP contribution in [0.1, 0.15) is 13.3 Å². The monoisotopic (exact) mass is 234 g/mol. The van der Waals surface area contributed by atoms with E-state index in [2.05, 4.69) is 4.74 Å². The molecular formula is C10H9F3O3. The van der Waals surface area contributed by atoms with Crippen molar-refractivity contribution in [2.75, 3.05) is 0 Å². The van der Waals surface area contributed by atoms with Crippen molar-refractivity contribution in [1.29, 1.82) is 0 Å². The summed E-state index contributed by atoms with van der Waals surface area (Å²) in [5, 5.41) is 9.04. The van der Waals surface area contributed by atoms with Gasteiger partial charge in [-0.05, 0) is 6.42 Å². The first-order valence-corrected chi connectivity index (χ1v) is 4.50. The van der Waals surface area contributed by atoms with Gasteiger partial charge < -0.3 is 9.84 Å². The Morgan fingerprint density at radius 2 is 1.88 bits per heavy atom. The van der Waals surface area contributed by atoms with E-state index in [0.29, 0.717) is 6.07 Å². The van der Waals surface area contributed by atoms with Gasteiger partial charge >= 0.3 is 5.97 Å². The fourth-order valence-electron chi connectivity index (χ4n) is 0.926. The van der Waals surface area contributed by atoms with Gasteiger partial charge in [-0.15, -0.1) is 0 Å². The summed E-state index contributed by atoms with van der Waals surface area (Å²) in [7, 11) is 0. The van der Waals surface area contributed by atoms with E-state index in [-0.39, 0.29) is 12.5 Å². The Hall–Kier alpha value is -1.56. The second kappa shape index (κ2) is 4.98. The van der Waals surface area contributed by atoms with Crippen LogP contribution in [0.25, 0.3) is 0 Å². The minimum atomic E-state index is -1.42. The molecule has 0 fully saturated rings. The van der Waals surface area contributed by atoms with Crippen LogP contribution in [0.4, 0.5) is 13.2 Å². The average Bonchev–Trinajstić information content (AvgIpc) is 2.24. The van der Waals surface area contributed by atoms with Crippen LogP contribution in [0.5, 0.6) is 5.75 Å². The Balaban J connectivity index is 2.90. The number of hydrogen-bond donors (Lipinski definition) is 1. The van der Waals surface area contributed by atoms with E-state index in [1.54, 1.807) is 0 Å². The number of aliphatic hydroxyl groups excluding tert-OH is 1. The lowest BCUT2D eigenvalue weighted by Gasteiger charge is -2.09. The first-order valence-electron chi connectivity index (χ1n) is 4.50. The van der Waals surface area contributed by atoms with Crippen LogP contribution in [0.15, 0.2) is 12.1 Å². The standard InChI is InChI=1S/C10H9F3O3/c1-2-8(14)10(15)16-9-4-6(12)5(11)3-7(9)13/h3-4,8,14H,2H2,1H3. The maximum atomic E-state index is 13.0. The van der Waals surface area contributed by atoms with Crippen LogP contribution in [-0.2, 0) is 4.79 Å². The highest BCUT2D eigenvalue weighted by molar-refractivity contribution is 5.76. The van der Waals surface area contributed by atoms with Gasteiger partial charge in [-0.1, -0.05) is 6.92 Å². The summed E-state index contributed by atoms with van der Waals surface area (Å²) in [4.78, 5) is 11.0. The minimum absolute atomic E-state index is 0.0735. The molecular weight excluding hydrogens is 225 g/mol. The van der Waals surface area contributed by atoms with Gasteiger partial charge in [0.15, 0.2) is 29.3 Å². The number of carbonyl (C=O) groups excluding carboxylic acids is 1. The summed E-state index contributed by atoms with van der Waals surface area (Å²) >= 11 is 0. The smallest absolute Gasteiger partial charge is 0.340 e. The molecule has 1 rings (SSSR count). The fourth-order valence-corrected chi connectivity index (χ4v) is 0.926. The molecule has 0 aliphatic carbocycles. The van der Waals surface area contributed by atoms with E-state index >= 15 is 0 Å². The number of carbonyl (C=O) groups is 1. The summed E-state index contributed by atoms with van der Waals surface area (Å²) in [6.07, 6.45) is -1.35. The third kappa shape index (κ3) is 2.73. The predicted molar refractivity (Wildman–Crippen MR) is 48.2 cm³/mol. The molecule has 1 unspecified atom stereocenters. The maximum Gasteiger partial charge on any atom is 0.340 e. The lowest BCUT2D eigenvalue weighted by atomic mass is 10.3. The van der Waals surface area contributed by atoms with Crippen molar-refractivity contribution in [3.8, 4) is 5.75 Å². The predicted octanol–water partition coefficient (Wildman–Crippen LogP) is 1.78. The Kier molecular flexibility index (Phi) is 3.89. The fraction of sp³-hybridized carbons (Fsp3) is 0.300. The molecule has 0 saturated heterocycles. The summed E-state index contributed by atoms with van der Waals surface area (Å²) in [6.45, 7) is 1.51. The van der Waals surface area contributed by atoms with E-state index in [4.69, 9.17) is 5.11 Å². The van der Waals surface area contributed by atoms with E-state index in [1.807, 2.05) is 0 Å². The second-order valence-electron chi connectivity index (χ2n) is 3.04. The van der Waals surface area contributed by atoms with Crippen molar-refractivity contribution in [1.82, 2.24) is 0 Å². The minimum Gasteiger partial charge on any atom is -0.421 e. The average molecular weight is 234 g/mol. The molecule has 1 N–H and O–H groups in total. The van der Waals surface area contributed by atoms with Crippen molar-refractivity contribution in [3.63, 3.8) is 0 Å². The number of esters is 1. The highest BCUT2D eigenvalue weighted by Crippen LogP contribution is 2.21. The molecule has 88 valence electrons. The molecule has 3 nitrogen and oxygen atoms in total. The zero-order valence-corrected chi connectivity index (χ0v) is 8.34. The molecule has 0 spiro atoms. The maximum absolute atomic E-state index is 13.0. The molecule has 0 aliphatic heterocycles. The third-order valence-electron chi connectivity index (χ3n) is 1.84. The summed E-state index contributed by atoms with van der Waals surface area (Å²) < 4.78 is 42.6. The summed E-state index contributed by atoms with van der Waals surface area (Å²) in [5.41, 5.74) is 0. The molecule has 0 amide bonds.